The van der Waals surface area contributed by atoms with Crippen LogP contribution in [0.1, 0.15) is 50.6 Å². The lowest BCUT2D eigenvalue weighted by atomic mass is 9.85. The molecule has 3 rings (SSSR count). The van der Waals surface area contributed by atoms with Crippen LogP contribution in [0.2, 0.25) is 0 Å². The summed E-state index contributed by atoms with van der Waals surface area (Å²) in [5.74, 6) is 0.904. The zero-order chi connectivity index (χ0) is 16.4. The molecule has 7 heteroatoms. The quantitative estimate of drug-likeness (QED) is 0.825. The molecule has 2 N–H and O–H groups in total. The van der Waals surface area contributed by atoms with Crippen molar-refractivity contribution in [1.82, 2.24) is 14.6 Å². The van der Waals surface area contributed by atoms with E-state index in [1.165, 1.54) is 0 Å². The van der Waals surface area contributed by atoms with Gasteiger partial charge in [0.1, 0.15) is 0 Å². The summed E-state index contributed by atoms with van der Waals surface area (Å²) in [6.45, 7) is 1.56. The van der Waals surface area contributed by atoms with E-state index in [2.05, 4.69) is 37.4 Å². The molecule has 5 nitrogen and oxygen atoms in total. The number of nitrogens with one attached hydrogen (secondary N) is 1. The molecule has 2 aromatic rings. The number of anilines is 1. The molecule has 1 fully saturated rings. The van der Waals surface area contributed by atoms with E-state index in [0.29, 0.717) is 18.3 Å². The van der Waals surface area contributed by atoms with E-state index < -0.39 is 0 Å². The number of hydrogen-bond acceptors (Lipinski definition) is 4. The van der Waals surface area contributed by atoms with Gasteiger partial charge in [-0.1, -0.05) is 0 Å². The predicted octanol–water partition coefficient (Wildman–Crippen LogP) is 3.67. The van der Waals surface area contributed by atoms with E-state index in [-0.39, 0.29) is 18.8 Å². The first-order valence-corrected chi connectivity index (χ1v) is 8.92. The molecule has 1 aliphatic carbocycles. The molecule has 23 heavy (non-hydrogen) atoms. The fraction of sp³-hybridized carbons (Fsp3) is 0.625. The summed E-state index contributed by atoms with van der Waals surface area (Å²) in [6.07, 6.45) is 5.63. The molecular weight excluding hydrogens is 363 g/mol. The molecular formula is C16H22BrFN4O. The van der Waals surface area contributed by atoms with Crippen molar-refractivity contribution in [2.75, 3.05) is 12.0 Å². The van der Waals surface area contributed by atoms with Gasteiger partial charge in [0.05, 0.1) is 24.5 Å². The highest BCUT2D eigenvalue weighted by Crippen LogP contribution is 2.36. The van der Waals surface area contributed by atoms with Crippen LogP contribution in [0.5, 0.6) is 0 Å². The van der Waals surface area contributed by atoms with Crippen molar-refractivity contribution in [1.29, 1.82) is 0 Å². The molecule has 0 spiro atoms. The van der Waals surface area contributed by atoms with Gasteiger partial charge in [-0.05, 0) is 61.0 Å². The Morgan fingerprint density at radius 3 is 2.87 bits per heavy atom. The topological polar surface area (TPSA) is 62.5 Å². The van der Waals surface area contributed by atoms with Crippen LogP contribution in [-0.2, 0) is 0 Å². The third-order valence-electron chi connectivity index (χ3n) is 4.53. The van der Waals surface area contributed by atoms with Crippen LogP contribution in [0.3, 0.4) is 0 Å². The van der Waals surface area contributed by atoms with Crippen LogP contribution in [0, 0.1) is 0 Å². The van der Waals surface area contributed by atoms with Gasteiger partial charge in [0.25, 0.3) is 0 Å². The first-order valence-electron chi connectivity index (χ1n) is 8.13. The maximum atomic E-state index is 12.4. The Balaban J connectivity index is 1.89. The smallest absolute Gasteiger partial charge is 0.241 e. The Kier molecular flexibility index (Phi) is 5.16. The number of rotatable bonds is 5. The van der Waals surface area contributed by atoms with E-state index in [1.807, 2.05) is 11.4 Å². The van der Waals surface area contributed by atoms with Gasteiger partial charge in [-0.15, -0.1) is 5.10 Å². The van der Waals surface area contributed by atoms with Crippen molar-refractivity contribution >= 4 is 27.4 Å². The van der Waals surface area contributed by atoms with Crippen molar-refractivity contribution in [3.63, 3.8) is 0 Å². The van der Waals surface area contributed by atoms with E-state index >= 15 is 0 Å². The molecule has 1 unspecified atom stereocenters. The van der Waals surface area contributed by atoms with Gasteiger partial charge in [-0.2, -0.15) is 0 Å². The monoisotopic (exact) mass is 384 g/mol. The van der Waals surface area contributed by atoms with Crippen LogP contribution in [-0.4, -0.2) is 38.5 Å². The first-order chi connectivity index (χ1) is 11.1. The molecule has 2 heterocycles. The number of halogens is 2. The standard InChI is InChI=1S/C16H22BrFN4O/c1-10(6-7-18)20-16-19-9-15-13(17)8-14(22(15)21-16)11-2-4-12(23)5-3-11/h8-12,23H,2-7H2,1H3,(H,20,21). The minimum atomic E-state index is -0.360. The zero-order valence-electron chi connectivity index (χ0n) is 13.2. The molecule has 1 aliphatic rings. The molecule has 2 aromatic heterocycles. The van der Waals surface area contributed by atoms with Gasteiger partial charge in [-0.25, -0.2) is 9.50 Å². The normalized spacial score (nSPS) is 23.1. The van der Waals surface area contributed by atoms with Gasteiger partial charge in [0.15, 0.2) is 0 Å². The van der Waals surface area contributed by atoms with Crippen molar-refractivity contribution in [3.05, 3.63) is 22.4 Å². The first kappa shape index (κ1) is 16.6. The van der Waals surface area contributed by atoms with Crippen LogP contribution in [0.4, 0.5) is 10.3 Å². The summed E-state index contributed by atoms with van der Waals surface area (Å²) in [5, 5.41) is 17.4. The Bertz CT molecular complexity index is 669. The van der Waals surface area contributed by atoms with Crippen LogP contribution < -0.4 is 5.32 Å². The Morgan fingerprint density at radius 1 is 1.43 bits per heavy atom. The molecule has 0 saturated heterocycles. The Hall–Kier alpha value is -1.21. The SMILES string of the molecule is CC(CCF)Nc1ncc2c(Br)cc(C3CCC(O)CC3)n2n1. The van der Waals surface area contributed by atoms with E-state index in [9.17, 15) is 9.50 Å². The van der Waals surface area contributed by atoms with Crippen molar-refractivity contribution in [2.24, 2.45) is 0 Å². The van der Waals surface area contributed by atoms with E-state index in [0.717, 1.165) is 41.4 Å². The van der Waals surface area contributed by atoms with Gasteiger partial charge in [-0.3, -0.25) is 4.39 Å². The third-order valence-corrected chi connectivity index (χ3v) is 5.16. The summed E-state index contributed by atoms with van der Waals surface area (Å²) in [4.78, 5) is 4.32. The minimum Gasteiger partial charge on any atom is -0.393 e. The lowest BCUT2D eigenvalue weighted by Gasteiger charge is -2.25. The van der Waals surface area contributed by atoms with Crippen LogP contribution in [0.25, 0.3) is 5.52 Å². The summed E-state index contributed by atoms with van der Waals surface area (Å²) in [5.41, 5.74) is 2.07. The average molecular weight is 385 g/mol. The maximum Gasteiger partial charge on any atom is 0.241 e. The number of aromatic nitrogens is 3. The number of hydrogen-bond donors (Lipinski definition) is 2. The highest BCUT2D eigenvalue weighted by atomic mass is 79.9. The lowest BCUT2D eigenvalue weighted by molar-refractivity contribution is 0.121. The molecule has 1 atom stereocenters. The van der Waals surface area contributed by atoms with Gasteiger partial charge in [0.2, 0.25) is 5.95 Å². The molecule has 0 bridgehead atoms. The second kappa shape index (κ2) is 7.13. The van der Waals surface area contributed by atoms with Crippen molar-refractivity contribution < 1.29 is 9.50 Å². The maximum absolute atomic E-state index is 12.4. The fourth-order valence-electron chi connectivity index (χ4n) is 3.16. The largest absolute Gasteiger partial charge is 0.393 e. The summed E-state index contributed by atoms with van der Waals surface area (Å²) >= 11 is 3.58. The molecule has 0 radical (unpaired) electrons. The van der Waals surface area contributed by atoms with E-state index in [1.54, 1.807) is 6.20 Å². The van der Waals surface area contributed by atoms with Gasteiger partial charge in [0, 0.05) is 22.1 Å². The highest BCUT2D eigenvalue weighted by Gasteiger charge is 2.24. The summed E-state index contributed by atoms with van der Waals surface area (Å²) < 4.78 is 15.3. The lowest BCUT2D eigenvalue weighted by Crippen LogP contribution is -2.20. The Labute approximate surface area is 143 Å². The third kappa shape index (κ3) is 3.66. The number of alkyl halides is 1. The number of fused-ring (bicyclic) bond motifs is 1. The molecule has 126 valence electrons. The van der Waals surface area contributed by atoms with Crippen molar-refractivity contribution in [3.8, 4) is 0 Å². The molecule has 1 saturated carbocycles. The van der Waals surface area contributed by atoms with Crippen molar-refractivity contribution in [2.45, 2.75) is 57.1 Å². The summed E-state index contributed by atoms with van der Waals surface area (Å²) in [7, 11) is 0. The number of nitrogens with zero attached hydrogens (tertiary/aromatic N) is 3. The Morgan fingerprint density at radius 2 is 2.17 bits per heavy atom. The van der Waals surface area contributed by atoms with Crippen LogP contribution >= 0.6 is 15.9 Å². The highest BCUT2D eigenvalue weighted by molar-refractivity contribution is 9.10. The second-order valence-electron chi connectivity index (χ2n) is 6.32. The zero-order valence-corrected chi connectivity index (χ0v) is 14.8. The second-order valence-corrected chi connectivity index (χ2v) is 7.18. The fourth-order valence-corrected chi connectivity index (χ4v) is 3.67. The molecule has 0 aromatic carbocycles. The minimum absolute atomic E-state index is 0.00951. The van der Waals surface area contributed by atoms with Gasteiger partial charge >= 0.3 is 0 Å². The predicted molar refractivity (Wildman–Crippen MR) is 91.6 cm³/mol. The number of aliphatic hydroxyl groups is 1. The number of aliphatic hydroxyl groups excluding tert-OH is 1. The summed E-state index contributed by atoms with van der Waals surface area (Å²) in [6, 6.07) is 2.09. The van der Waals surface area contributed by atoms with Crippen LogP contribution in [0.15, 0.2) is 16.7 Å². The molecule has 0 amide bonds. The van der Waals surface area contributed by atoms with E-state index in [4.69, 9.17) is 0 Å². The average Bonchev–Trinajstić information content (AvgIpc) is 2.85. The van der Waals surface area contributed by atoms with Gasteiger partial charge < -0.3 is 10.4 Å². The molecule has 0 aliphatic heterocycles.